The Morgan fingerprint density at radius 3 is 2.83 bits per heavy atom. The summed E-state index contributed by atoms with van der Waals surface area (Å²) in [5.41, 5.74) is 1.58. The van der Waals surface area contributed by atoms with Crippen molar-refractivity contribution in [2.75, 3.05) is 11.9 Å². The van der Waals surface area contributed by atoms with Crippen molar-refractivity contribution in [3.05, 3.63) is 23.2 Å². The van der Waals surface area contributed by atoms with E-state index in [0.29, 0.717) is 12.3 Å². The zero-order chi connectivity index (χ0) is 16.8. The molecule has 0 atom stereocenters. The first-order valence-corrected chi connectivity index (χ1v) is 7.02. The fourth-order valence-electron chi connectivity index (χ4n) is 1.83. The van der Waals surface area contributed by atoms with E-state index < -0.39 is 6.09 Å². The molecule has 10 nitrogen and oxygen atoms in total. The standard InChI is InChI=1S/C13H18N6O4/c1-4-22-13(21)16-11-6-15-19(17-11)7-12(20)14-5-10-8(2)18-23-9(10)3/h6H,4-5,7H2,1-3H3,(H,14,20)(H,16,17,21). The highest BCUT2D eigenvalue weighted by molar-refractivity contribution is 5.83. The van der Waals surface area contributed by atoms with Gasteiger partial charge in [-0.1, -0.05) is 5.16 Å². The van der Waals surface area contributed by atoms with E-state index in [4.69, 9.17) is 9.26 Å². The molecule has 2 N–H and O–H groups in total. The molecule has 23 heavy (non-hydrogen) atoms. The first kappa shape index (κ1) is 16.5. The number of nitrogens with one attached hydrogen (secondary N) is 2. The maximum absolute atomic E-state index is 11.9. The van der Waals surface area contributed by atoms with Crippen LogP contribution in [-0.4, -0.2) is 38.8 Å². The van der Waals surface area contributed by atoms with E-state index in [-0.39, 0.29) is 24.9 Å². The van der Waals surface area contributed by atoms with Gasteiger partial charge in [-0.2, -0.15) is 9.90 Å². The molecule has 0 saturated heterocycles. The largest absolute Gasteiger partial charge is 0.450 e. The Labute approximate surface area is 132 Å². The molecule has 0 saturated carbocycles. The van der Waals surface area contributed by atoms with Crippen LogP contribution in [0, 0.1) is 13.8 Å². The van der Waals surface area contributed by atoms with E-state index in [2.05, 4.69) is 26.0 Å². The first-order valence-electron chi connectivity index (χ1n) is 7.02. The SMILES string of the molecule is CCOC(=O)Nc1cnn(CC(=O)NCc2c(C)noc2C)n1. The fraction of sp³-hybridized carbons (Fsp3) is 0.462. The Hall–Kier alpha value is -2.91. The molecule has 2 rings (SSSR count). The van der Waals surface area contributed by atoms with Gasteiger partial charge in [0, 0.05) is 12.1 Å². The average Bonchev–Trinajstić information content (AvgIpc) is 3.04. The summed E-state index contributed by atoms with van der Waals surface area (Å²) in [6.45, 7) is 5.77. The Morgan fingerprint density at radius 1 is 1.39 bits per heavy atom. The van der Waals surface area contributed by atoms with Crippen LogP contribution in [0.4, 0.5) is 10.6 Å². The Morgan fingerprint density at radius 2 is 2.17 bits per heavy atom. The van der Waals surface area contributed by atoms with Crippen LogP contribution in [0.1, 0.15) is 23.9 Å². The molecule has 10 heteroatoms. The summed E-state index contributed by atoms with van der Waals surface area (Å²) >= 11 is 0. The number of aromatic nitrogens is 4. The zero-order valence-electron chi connectivity index (χ0n) is 13.1. The number of nitrogens with zero attached hydrogens (tertiary/aromatic N) is 4. The van der Waals surface area contributed by atoms with Crippen LogP contribution in [0.2, 0.25) is 0 Å². The molecule has 124 valence electrons. The third-order valence-electron chi connectivity index (χ3n) is 2.97. The lowest BCUT2D eigenvalue weighted by Gasteiger charge is -2.04. The number of aryl methyl sites for hydroxylation is 2. The number of carbonyl (C=O) groups is 2. The van der Waals surface area contributed by atoms with Gasteiger partial charge in [0.1, 0.15) is 12.3 Å². The third-order valence-corrected chi connectivity index (χ3v) is 2.97. The van der Waals surface area contributed by atoms with Crippen molar-refractivity contribution < 1.29 is 18.8 Å². The lowest BCUT2D eigenvalue weighted by molar-refractivity contribution is -0.122. The van der Waals surface area contributed by atoms with E-state index in [1.165, 1.54) is 11.0 Å². The van der Waals surface area contributed by atoms with Gasteiger partial charge in [0.2, 0.25) is 5.91 Å². The smallest absolute Gasteiger partial charge is 0.412 e. The molecule has 0 aromatic carbocycles. The lowest BCUT2D eigenvalue weighted by Crippen LogP contribution is -2.28. The van der Waals surface area contributed by atoms with E-state index in [0.717, 1.165) is 11.3 Å². The molecule has 2 aromatic heterocycles. The van der Waals surface area contributed by atoms with Gasteiger partial charge < -0.3 is 14.6 Å². The van der Waals surface area contributed by atoms with Crippen LogP contribution < -0.4 is 10.6 Å². The van der Waals surface area contributed by atoms with Crippen LogP contribution in [0.25, 0.3) is 0 Å². The molecule has 0 fully saturated rings. The predicted octanol–water partition coefficient (Wildman–Crippen LogP) is 0.768. The van der Waals surface area contributed by atoms with Gasteiger partial charge in [-0.25, -0.2) is 4.79 Å². The molecule has 0 unspecified atom stereocenters. The molecule has 0 aliphatic heterocycles. The second-order valence-corrected chi connectivity index (χ2v) is 4.69. The third kappa shape index (κ3) is 4.53. The molecule has 0 spiro atoms. The number of ether oxygens (including phenoxy) is 1. The van der Waals surface area contributed by atoms with Crippen molar-refractivity contribution >= 4 is 17.8 Å². The van der Waals surface area contributed by atoms with Crippen molar-refractivity contribution in [3.63, 3.8) is 0 Å². The summed E-state index contributed by atoms with van der Waals surface area (Å²) in [6.07, 6.45) is 0.709. The number of hydrogen-bond acceptors (Lipinski definition) is 7. The Bertz CT molecular complexity index is 673. The molecule has 2 amide bonds. The molecule has 0 radical (unpaired) electrons. The van der Waals surface area contributed by atoms with Gasteiger partial charge in [-0.3, -0.25) is 10.1 Å². The van der Waals surface area contributed by atoms with Gasteiger partial charge in [0.05, 0.1) is 18.5 Å². The number of rotatable bonds is 6. The maximum Gasteiger partial charge on any atom is 0.412 e. The first-order chi connectivity index (χ1) is 11.0. The maximum atomic E-state index is 11.9. The summed E-state index contributed by atoms with van der Waals surface area (Å²) in [7, 11) is 0. The minimum Gasteiger partial charge on any atom is -0.450 e. The molecule has 0 aliphatic carbocycles. The van der Waals surface area contributed by atoms with Crippen molar-refractivity contribution in [1.29, 1.82) is 0 Å². The second-order valence-electron chi connectivity index (χ2n) is 4.69. The minimum atomic E-state index is -0.623. The van der Waals surface area contributed by atoms with Gasteiger partial charge in [-0.15, -0.1) is 5.10 Å². The summed E-state index contributed by atoms with van der Waals surface area (Å²) in [5.74, 6) is 0.603. The summed E-state index contributed by atoms with van der Waals surface area (Å²) < 4.78 is 9.74. The van der Waals surface area contributed by atoms with Crippen LogP contribution in [0.15, 0.2) is 10.7 Å². The molecular formula is C13H18N6O4. The highest BCUT2D eigenvalue weighted by Crippen LogP contribution is 2.11. The monoisotopic (exact) mass is 322 g/mol. The molecular weight excluding hydrogens is 304 g/mol. The highest BCUT2D eigenvalue weighted by Gasteiger charge is 2.12. The molecule has 0 bridgehead atoms. The molecule has 2 aromatic rings. The number of carbonyl (C=O) groups excluding carboxylic acids is 2. The predicted molar refractivity (Wildman–Crippen MR) is 78.5 cm³/mol. The topological polar surface area (TPSA) is 124 Å². The summed E-state index contributed by atoms with van der Waals surface area (Å²) in [5, 5.41) is 16.8. The summed E-state index contributed by atoms with van der Waals surface area (Å²) in [6, 6.07) is 0. The van der Waals surface area contributed by atoms with Crippen molar-refractivity contribution in [2.45, 2.75) is 33.9 Å². The Kier molecular flexibility index (Phi) is 5.28. The van der Waals surface area contributed by atoms with E-state index >= 15 is 0 Å². The van der Waals surface area contributed by atoms with Crippen molar-refractivity contribution in [2.24, 2.45) is 0 Å². The van der Waals surface area contributed by atoms with E-state index in [9.17, 15) is 9.59 Å². The van der Waals surface area contributed by atoms with Crippen LogP contribution >= 0.6 is 0 Å². The molecule has 0 aliphatic rings. The highest BCUT2D eigenvalue weighted by atomic mass is 16.5. The van der Waals surface area contributed by atoms with Gasteiger partial charge >= 0.3 is 6.09 Å². The average molecular weight is 322 g/mol. The van der Waals surface area contributed by atoms with Crippen molar-refractivity contribution in [3.8, 4) is 0 Å². The number of amides is 2. The van der Waals surface area contributed by atoms with Gasteiger partial charge in [0.15, 0.2) is 5.82 Å². The Balaban J connectivity index is 1.84. The van der Waals surface area contributed by atoms with Gasteiger partial charge in [0.25, 0.3) is 0 Å². The fourth-order valence-corrected chi connectivity index (χ4v) is 1.83. The lowest BCUT2D eigenvalue weighted by atomic mass is 10.2. The minimum absolute atomic E-state index is 0.0755. The number of hydrogen-bond donors (Lipinski definition) is 2. The summed E-state index contributed by atoms with van der Waals surface area (Å²) in [4.78, 5) is 24.3. The number of anilines is 1. The van der Waals surface area contributed by atoms with E-state index in [1.807, 2.05) is 0 Å². The van der Waals surface area contributed by atoms with E-state index in [1.54, 1.807) is 20.8 Å². The van der Waals surface area contributed by atoms with Crippen LogP contribution in [0.5, 0.6) is 0 Å². The van der Waals surface area contributed by atoms with Crippen LogP contribution in [-0.2, 0) is 22.6 Å². The normalized spacial score (nSPS) is 10.4. The quantitative estimate of drug-likeness (QED) is 0.804. The van der Waals surface area contributed by atoms with Gasteiger partial charge in [-0.05, 0) is 20.8 Å². The second kappa shape index (κ2) is 7.38. The van der Waals surface area contributed by atoms with Crippen molar-refractivity contribution in [1.82, 2.24) is 25.5 Å². The zero-order valence-corrected chi connectivity index (χ0v) is 13.1. The molecule has 2 heterocycles. The van der Waals surface area contributed by atoms with Crippen LogP contribution in [0.3, 0.4) is 0 Å².